The van der Waals surface area contributed by atoms with Crippen LogP contribution >= 0.6 is 0 Å². The van der Waals surface area contributed by atoms with E-state index in [9.17, 15) is 14.4 Å². The first-order chi connectivity index (χ1) is 7.93. The molecule has 17 heavy (non-hydrogen) atoms. The topological polar surface area (TPSA) is 115 Å². The third kappa shape index (κ3) is 3.30. The molecule has 0 aliphatic carbocycles. The van der Waals surface area contributed by atoms with Gasteiger partial charge in [0, 0.05) is 23.2 Å². The molecule has 1 aromatic rings. The van der Waals surface area contributed by atoms with Crippen LogP contribution in [-0.4, -0.2) is 17.7 Å². The molecule has 3 amide bonds. The van der Waals surface area contributed by atoms with Gasteiger partial charge in [-0.3, -0.25) is 14.4 Å². The summed E-state index contributed by atoms with van der Waals surface area (Å²) in [6.45, 7) is 1.68. The summed E-state index contributed by atoms with van der Waals surface area (Å²) in [4.78, 5) is 33.3. The Morgan fingerprint density at radius 3 is 1.88 bits per heavy atom. The molecule has 1 rings (SSSR count). The highest BCUT2D eigenvalue weighted by atomic mass is 16.2. The zero-order valence-corrected chi connectivity index (χ0v) is 9.32. The average Bonchev–Trinajstić information content (AvgIpc) is 2.28. The molecular formula is C11H13N3O3. The van der Waals surface area contributed by atoms with Crippen molar-refractivity contribution < 1.29 is 14.4 Å². The molecule has 0 atom stereocenters. The maximum Gasteiger partial charge on any atom is 0.248 e. The number of primary amides is 2. The Bertz CT molecular complexity index is 451. The van der Waals surface area contributed by atoms with Crippen molar-refractivity contribution in [1.29, 1.82) is 0 Å². The standard InChI is InChI=1S/C11H13N3O3/c1-2-9(15)14-8-4-6(10(12)16)3-7(5-8)11(13)17/h3-5H,2H2,1H3,(H2,12,16)(H2,13,17)(H,14,15). The highest BCUT2D eigenvalue weighted by Crippen LogP contribution is 2.15. The number of benzene rings is 1. The first-order valence-electron chi connectivity index (χ1n) is 4.98. The molecule has 0 fully saturated rings. The van der Waals surface area contributed by atoms with Crippen molar-refractivity contribution in [3.05, 3.63) is 29.3 Å². The number of rotatable bonds is 4. The van der Waals surface area contributed by atoms with Gasteiger partial charge in [-0.1, -0.05) is 6.92 Å². The molecule has 0 aliphatic rings. The Balaban J connectivity index is 3.16. The van der Waals surface area contributed by atoms with E-state index in [1.807, 2.05) is 0 Å². The second-order valence-electron chi connectivity index (χ2n) is 3.43. The lowest BCUT2D eigenvalue weighted by molar-refractivity contribution is -0.115. The van der Waals surface area contributed by atoms with Crippen LogP contribution in [0.5, 0.6) is 0 Å². The van der Waals surface area contributed by atoms with Crippen LogP contribution in [0.15, 0.2) is 18.2 Å². The lowest BCUT2D eigenvalue weighted by Crippen LogP contribution is -2.17. The van der Waals surface area contributed by atoms with Crippen molar-refractivity contribution in [2.24, 2.45) is 11.5 Å². The van der Waals surface area contributed by atoms with Gasteiger partial charge in [0.25, 0.3) is 0 Å². The number of nitrogens with one attached hydrogen (secondary N) is 1. The minimum atomic E-state index is -0.694. The fourth-order valence-corrected chi connectivity index (χ4v) is 1.23. The van der Waals surface area contributed by atoms with Gasteiger partial charge in [0.15, 0.2) is 0 Å². The van der Waals surface area contributed by atoms with E-state index in [0.717, 1.165) is 0 Å². The van der Waals surface area contributed by atoms with E-state index in [2.05, 4.69) is 5.32 Å². The summed E-state index contributed by atoms with van der Waals surface area (Å²) in [5, 5.41) is 2.53. The highest BCUT2D eigenvalue weighted by Gasteiger charge is 2.10. The Morgan fingerprint density at radius 1 is 1.06 bits per heavy atom. The normalized spacial score (nSPS) is 9.71. The molecule has 0 bridgehead atoms. The molecule has 0 aromatic heterocycles. The SMILES string of the molecule is CCC(=O)Nc1cc(C(N)=O)cc(C(N)=O)c1. The van der Waals surface area contributed by atoms with E-state index >= 15 is 0 Å². The zero-order valence-electron chi connectivity index (χ0n) is 9.32. The minimum Gasteiger partial charge on any atom is -0.366 e. The quantitative estimate of drug-likeness (QED) is 0.693. The average molecular weight is 235 g/mol. The number of carbonyl (C=O) groups is 3. The smallest absolute Gasteiger partial charge is 0.248 e. The van der Waals surface area contributed by atoms with E-state index < -0.39 is 11.8 Å². The zero-order chi connectivity index (χ0) is 13.0. The molecule has 5 N–H and O–H groups in total. The highest BCUT2D eigenvalue weighted by molar-refractivity contribution is 6.01. The third-order valence-electron chi connectivity index (χ3n) is 2.11. The summed E-state index contributed by atoms with van der Waals surface area (Å²) in [5.74, 6) is -1.62. The third-order valence-corrected chi connectivity index (χ3v) is 2.11. The summed E-state index contributed by atoms with van der Waals surface area (Å²) < 4.78 is 0. The number of hydrogen-bond donors (Lipinski definition) is 3. The van der Waals surface area contributed by atoms with Crippen molar-refractivity contribution in [1.82, 2.24) is 0 Å². The predicted octanol–water partition coefficient (Wildman–Crippen LogP) is 0.233. The van der Waals surface area contributed by atoms with Gasteiger partial charge in [-0.25, -0.2) is 0 Å². The summed E-state index contributed by atoms with van der Waals surface area (Å²) >= 11 is 0. The van der Waals surface area contributed by atoms with Crippen LogP contribution in [0, 0.1) is 0 Å². The number of hydrogen-bond acceptors (Lipinski definition) is 3. The number of amides is 3. The van der Waals surface area contributed by atoms with E-state index in [0.29, 0.717) is 5.69 Å². The molecule has 0 radical (unpaired) electrons. The van der Waals surface area contributed by atoms with Gasteiger partial charge >= 0.3 is 0 Å². The Labute approximate surface area is 98.0 Å². The van der Waals surface area contributed by atoms with Gasteiger partial charge in [0.1, 0.15) is 0 Å². The number of anilines is 1. The maximum absolute atomic E-state index is 11.2. The van der Waals surface area contributed by atoms with Crippen LogP contribution in [0.25, 0.3) is 0 Å². The summed E-state index contributed by atoms with van der Waals surface area (Å²) in [7, 11) is 0. The van der Waals surface area contributed by atoms with Gasteiger partial charge < -0.3 is 16.8 Å². The number of carbonyl (C=O) groups excluding carboxylic acids is 3. The second kappa shape index (κ2) is 5.11. The lowest BCUT2D eigenvalue weighted by Gasteiger charge is -2.07. The van der Waals surface area contributed by atoms with Crippen LogP contribution in [0.4, 0.5) is 5.69 Å². The van der Waals surface area contributed by atoms with Crippen LogP contribution < -0.4 is 16.8 Å². The second-order valence-corrected chi connectivity index (χ2v) is 3.43. The summed E-state index contributed by atoms with van der Waals surface area (Å²) in [6.07, 6.45) is 0.284. The molecule has 0 spiro atoms. The molecule has 0 aliphatic heterocycles. The molecule has 0 saturated carbocycles. The summed E-state index contributed by atoms with van der Waals surface area (Å²) in [5.41, 5.74) is 10.8. The van der Waals surface area contributed by atoms with Gasteiger partial charge in [0.2, 0.25) is 17.7 Å². The van der Waals surface area contributed by atoms with Crippen molar-refractivity contribution in [2.45, 2.75) is 13.3 Å². The van der Waals surface area contributed by atoms with Crippen molar-refractivity contribution in [3.8, 4) is 0 Å². The van der Waals surface area contributed by atoms with E-state index in [-0.39, 0.29) is 23.5 Å². The minimum absolute atomic E-state index is 0.118. The molecule has 0 saturated heterocycles. The Morgan fingerprint density at radius 2 is 1.53 bits per heavy atom. The van der Waals surface area contributed by atoms with Crippen LogP contribution in [-0.2, 0) is 4.79 Å². The first kappa shape index (κ1) is 12.7. The first-order valence-corrected chi connectivity index (χ1v) is 4.98. The largest absolute Gasteiger partial charge is 0.366 e. The molecule has 1 aromatic carbocycles. The monoisotopic (exact) mass is 235 g/mol. The van der Waals surface area contributed by atoms with Crippen molar-refractivity contribution in [3.63, 3.8) is 0 Å². The summed E-state index contributed by atoms with van der Waals surface area (Å²) in [6, 6.07) is 4.07. The van der Waals surface area contributed by atoms with Gasteiger partial charge in [0.05, 0.1) is 0 Å². The van der Waals surface area contributed by atoms with E-state index in [4.69, 9.17) is 11.5 Å². The number of nitrogens with two attached hydrogens (primary N) is 2. The van der Waals surface area contributed by atoms with Crippen molar-refractivity contribution >= 4 is 23.4 Å². The van der Waals surface area contributed by atoms with E-state index in [1.54, 1.807) is 6.92 Å². The van der Waals surface area contributed by atoms with E-state index in [1.165, 1.54) is 18.2 Å². The fourth-order valence-electron chi connectivity index (χ4n) is 1.23. The fraction of sp³-hybridized carbons (Fsp3) is 0.182. The van der Waals surface area contributed by atoms with Gasteiger partial charge in [-0.2, -0.15) is 0 Å². The maximum atomic E-state index is 11.2. The molecule has 6 heteroatoms. The molecule has 6 nitrogen and oxygen atoms in total. The molecule has 0 unspecified atom stereocenters. The van der Waals surface area contributed by atoms with Crippen LogP contribution in [0.1, 0.15) is 34.1 Å². The van der Waals surface area contributed by atoms with Crippen LogP contribution in [0.2, 0.25) is 0 Å². The lowest BCUT2D eigenvalue weighted by atomic mass is 10.1. The predicted molar refractivity (Wildman–Crippen MR) is 62.4 cm³/mol. The molecular weight excluding hydrogens is 222 g/mol. The Kier molecular flexibility index (Phi) is 3.82. The van der Waals surface area contributed by atoms with Crippen LogP contribution in [0.3, 0.4) is 0 Å². The molecule has 90 valence electrons. The van der Waals surface area contributed by atoms with Crippen molar-refractivity contribution in [2.75, 3.05) is 5.32 Å². The van der Waals surface area contributed by atoms with Gasteiger partial charge in [-0.05, 0) is 18.2 Å². The molecule has 0 heterocycles. The van der Waals surface area contributed by atoms with Gasteiger partial charge in [-0.15, -0.1) is 0 Å². The Hall–Kier alpha value is -2.37.